The molecule has 162 valence electrons. The number of hydrogen-bond acceptors (Lipinski definition) is 5. The summed E-state index contributed by atoms with van der Waals surface area (Å²) in [6.45, 7) is 8.41. The summed E-state index contributed by atoms with van der Waals surface area (Å²) in [7, 11) is 0. The Morgan fingerprint density at radius 3 is 2.37 bits per heavy atom. The number of aryl methyl sites for hydroxylation is 1. The summed E-state index contributed by atoms with van der Waals surface area (Å²) in [5, 5.41) is 11.4. The molecule has 1 saturated heterocycles. The molecule has 1 amide bonds. The third kappa shape index (κ3) is 4.47. The van der Waals surface area contributed by atoms with Crippen LogP contribution in [0.15, 0.2) is 35.1 Å². The highest BCUT2D eigenvalue weighted by Crippen LogP contribution is 2.33. The van der Waals surface area contributed by atoms with E-state index in [1.807, 2.05) is 26.0 Å². The number of rotatable bonds is 5. The summed E-state index contributed by atoms with van der Waals surface area (Å²) in [4.78, 5) is 29.1. The number of piperazine rings is 1. The van der Waals surface area contributed by atoms with E-state index in [0.717, 1.165) is 5.56 Å². The van der Waals surface area contributed by atoms with E-state index in [4.69, 9.17) is 16.3 Å². The highest BCUT2D eigenvalue weighted by atomic mass is 35.5. The summed E-state index contributed by atoms with van der Waals surface area (Å²) in [6.07, 6.45) is -0.327. The quantitative estimate of drug-likeness (QED) is 0.782. The highest BCUT2D eigenvalue weighted by Gasteiger charge is 2.32. The van der Waals surface area contributed by atoms with Crippen LogP contribution in [0.25, 0.3) is 0 Å². The van der Waals surface area contributed by atoms with Gasteiger partial charge in [-0.15, -0.1) is 0 Å². The maximum atomic E-state index is 13.3. The minimum Gasteiger partial charge on any atom is -0.507 e. The van der Waals surface area contributed by atoms with Crippen molar-refractivity contribution in [2.45, 2.75) is 33.4 Å². The number of aromatic hydroxyl groups is 1. The van der Waals surface area contributed by atoms with Gasteiger partial charge in [0.25, 0.3) is 5.56 Å². The van der Waals surface area contributed by atoms with Gasteiger partial charge in [-0.05, 0) is 44.5 Å². The molecule has 0 bridgehead atoms. The monoisotopic (exact) mass is 433 g/mol. The molecule has 2 aromatic rings. The van der Waals surface area contributed by atoms with Crippen molar-refractivity contribution < 1.29 is 14.6 Å². The topological polar surface area (TPSA) is 75.0 Å². The number of pyridine rings is 1. The predicted molar refractivity (Wildman–Crippen MR) is 116 cm³/mol. The van der Waals surface area contributed by atoms with E-state index in [-0.39, 0.29) is 17.4 Å². The molecule has 1 aliphatic heterocycles. The lowest BCUT2D eigenvalue weighted by molar-refractivity contribution is 0.0709. The molecule has 3 rings (SSSR count). The van der Waals surface area contributed by atoms with Gasteiger partial charge in [0, 0.05) is 43.4 Å². The molecule has 7 nitrogen and oxygen atoms in total. The molecule has 0 aliphatic carbocycles. The fraction of sp³-hybridized carbons (Fsp3) is 0.455. The van der Waals surface area contributed by atoms with Crippen LogP contribution in [-0.4, -0.2) is 58.4 Å². The summed E-state index contributed by atoms with van der Waals surface area (Å²) in [6, 6.07) is 8.50. The normalized spacial score (nSPS) is 15.8. The van der Waals surface area contributed by atoms with Gasteiger partial charge in [-0.1, -0.05) is 23.7 Å². The molecular weight excluding hydrogens is 406 g/mol. The maximum Gasteiger partial charge on any atom is 0.409 e. The Labute approximate surface area is 181 Å². The van der Waals surface area contributed by atoms with Gasteiger partial charge in [0.1, 0.15) is 5.75 Å². The fourth-order valence-corrected chi connectivity index (χ4v) is 4.13. The van der Waals surface area contributed by atoms with Crippen molar-refractivity contribution in [1.29, 1.82) is 0 Å². The standard InChI is InChI=1S/C22H28ClN3O4/c1-4-26-15(3)14-18(27)19(21(26)28)20(16-6-8-17(23)9-7-16)24-10-12-25(13-11-24)22(29)30-5-2/h6-9,14,20,27H,4-5,10-13H2,1-3H3/t20-/m1/s1. The number of aromatic nitrogens is 1. The largest absolute Gasteiger partial charge is 0.507 e. The van der Waals surface area contributed by atoms with Crippen molar-refractivity contribution in [3.8, 4) is 5.75 Å². The van der Waals surface area contributed by atoms with E-state index < -0.39 is 6.04 Å². The van der Waals surface area contributed by atoms with Crippen molar-refractivity contribution >= 4 is 17.7 Å². The van der Waals surface area contributed by atoms with Gasteiger partial charge in [-0.2, -0.15) is 0 Å². The zero-order valence-electron chi connectivity index (χ0n) is 17.6. The first-order valence-electron chi connectivity index (χ1n) is 10.2. The van der Waals surface area contributed by atoms with E-state index in [9.17, 15) is 14.7 Å². The van der Waals surface area contributed by atoms with Gasteiger partial charge < -0.3 is 19.3 Å². The number of carbonyl (C=O) groups excluding carboxylic acids is 1. The molecule has 0 unspecified atom stereocenters. The molecule has 0 radical (unpaired) electrons. The van der Waals surface area contributed by atoms with E-state index in [2.05, 4.69) is 4.90 Å². The molecule has 1 fully saturated rings. The van der Waals surface area contributed by atoms with Gasteiger partial charge in [0.15, 0.2) is 0 Å². The maximum absolute atomic E-state index is 13.3. The van der Waals surface area contributed by atoms with Gasteiger partial charge in [0.2, 0.25) is 0 Å². The molecule has 1 atom stereocenters. The van der Waals surface area contributed by atoms with E-state index >= 15 is 0 Å². The van der Waals surface area contributed by atoms with Crippen LogP contribution in [-0.2, 0) is 11.3 Å². The Hall–Kier alpha value is -2.51. The third-order valence-corrected chi connectivity index (χ3v) is 5.76. The minimum atomic E-state index is -0.447. The summed E-state index contributed by atoms with van der Waals surface area (Å²) in [5.41, 5.74) is 1.71. The Morgan fingerprint density at radius 1 is 1.17 bits per heavy atom. The van der Waals surface area contributed by atoms with E-state index in [1.165, 1.54) is 0 Å². The zero-order valence-corrected chi connectivity index (χ0v) is 18.4. The first-order chi connectivity index (χ1) is 14.4. The zero-order chi connectivity index (χ0) is 21.8. The van der Waals surface area contributed by atoms with Crippen molar-refractivity contribution in [2.75, 3.05) is 32.8 Å². The van der Waals surface area contributed by atoms with Crippen LogP contribution in [0.4, 0.5) is 4.79 Å². The SMILES string of the molecule is CCOC(=O)N1CCN([C@H](c2ccc(Cl)cc2)c2c(O)cc(C)n(CC)c2=O)CC1. The van der Waals surface area contributed by atoms with E-state index in [0.29, 0.717) is 55.6 Å². The predicted octanol–water partition coefficient (Wildman–Crippen LogP) is 3.40. The van der Waals surface area contributed by atoms with Crippen LogP contribution >= 0.6 is 11.6 Å². The average Bonchev–Trinajstić information content (AvgIpc) is 2.72. The lowest BCUT2D eigenvalue weighted by atomic mass is 9.96. The number of ether oxygens (including phenoxy) is 1. The first-order valence-corrected chi connectivity index (χ1v) is 10.6. The molecule has 2 heterocycles. The Bertz CT molecular complexity index is 950. The van der Waals surface area contributed by atoms with Gasteiger partial charge >= 0.3 is 6.09 Å². The van der Waals surface area contributed by atoms with Crippen LogP contribution in [0.1, 0.15) is 36.7 Å². The molecule has 1 aromatic heterocycles. The van der Waals surface area contributed by atoms with Gasteiger partial charge in [-0.25, -0.2) is 4.79 Å². The van der Waals surface area contributed by atoms with Gasteiger partial charge in [0.05, 0.1) is 18.2 Å². The third-order valence-electron chi connectivity index (χ3n) is 5.50. The Morgan fingerprint density at radius 2 is 1.80 bits per heavy atom. The smallest absolute Gasteiger partial charge is 0.409 e. The second-order valence-corrected chi connectivity index (χ2v) is 7.75. The Balaban J connectivity index is 2.01. The number of carbonyl (C=O) groups is 1. The molecule has 1 N–H and O–H groups in total. The van der Waals surface area contributed by atoms with Crippen LogP contribution in [0.3, 0.4) is 0 Å². The second kappa shape index (κ2) is 9.53. The highest BCUT2D eigenvalue weighted by molar-refractivity contribution is 6.30. The lowest BCUT2D eigenvalue weighted by Gasteiger charge is -2.39. The first kappa shape index (κ1) is 22.2. The van der Waals surface area contributed by atoms with Crippen molar-refractivity contribution in [2.24, 2.45) is 0 Å². The van der Waals surface area contributed by atoms with Crippen molar-refractivity contribution in [1.82, 2.24) is 14.4 Å². The molecule has 8 heteroatoms. The van der Waals surface area contributed by atoms with Crippen molar-refractivity contribution in [3.63, 3.8) is 0 Å². The lowest BCUT2D eigenvalue weighted by Crippen LogP contribution is -2.50. The molecule has 0 spiro atoms. The Kier molecular flexibility index (Phi) is 7.05. The summed E-state index contributed by atoms with van der Waals surface area (Å²) >= 11 is 6.08. The number of nitrogens with zero attached hydrogens (tertiary/aromatic N) is 3. The molecular formula is C22H28ClN3O4. The second-order valence-electron chi connectivity index (χ2n) is 7.31. The van der Waals surface area contributed by atoms with Crippen LogP contribution < -0.4 is 5.56 Å². The minimum absolute atomic E-state index is 0.0185. The summed E-state index contributed by atoms with van der Waals surface area (Å²) < 4.78 is 6.76. The fourth-order valence-electron chi connectivity index (χ4n) is 4.00. The van der Waals surface area contributed by atoms with Crippen molar-refractivity contribution in [3.05, 3.63) is 62.5 Å². The summed E-state index contributed by atoms with van der Waals surface area (Å²) in [5.74, 6) is -0.0185. The number of amides is 1. The molecule has 1 aliphatic rings. The number of benzene rings is 1. The van der Waals surface area contributed by atoms with Crippen LogP contribution in [0, 0.1) is 6.92 Å². The molecule has 1 aromatic carbocycles. The number of halogens is 1. The van der Waals surface area contributed by atoms with Crippen LogP contribution in [0.2, 0.25) is 5.02 Å². The molecule has 30 heavy (non-hydrogen) atoms. The number of hydrogen-bond donors (Lipinski definition) is 1. The molecule has 0 saturated carbocycles. The van der Waals surface area contributed by atoms with Crippen LogP contribution in [0.5, 0.6) is 5.75 Å². The average molecular weight is 434 g/mol. The van der Waals surface area contributed by atoms with Gasteiger partial charge in [-0.3, -0.25) is 9.69 Å². The van der Waals surface area contributed by atoms with E-state index in [1.54, 1.807) is 34.6 Å².